The Morgan fingerprint density at radius 2 is 1.75 bits per heavy atom. The lowest BCUT2D eigenvalue weighted by Crippen LogP contribution is -2.41. The van der Waals surface area contributed by atoms with Gasteiger partial charge in [-0.05, 0) is 40.2 Å². The van der Waals surface area contributed by atoms with Crippen molar-refractivity contribution in [3.8, 4) is 11.4 Å². The maximum atomic E-state index is 14.8. The second kappa shape index (κ2) is 10.9. The number of esters is 1. The number of hydrogen-bond acceptors (Lipinski definition) is 7. The Morgan fingerprint density at radius 3 is 2.36 bits per heavy atom. The number of alkyl halides is 3. The molecule has 0 aliphatic heterocycles. The van der Waals surface area contributed by atoms with Crippen molar-refractivity contribution in [3.63, 3.8) is 0 Å². The lowest BCUT2D eigenvalue weighted by Gasteiger charge is -2.18. The van der Waals surface area contributed by atoms with Crippen LogP contribution in [-0.4, -0.2) is 35.6 Å². The van der Waals surface area contributed by atoms with Gasteiger partial charge in [-0.2, -0.15) is 13.2 Å². The molecule has 0 spiro atoms. The van der Waals surface area contributed by atoms with E-state index in [-0.39, 0.29) is 25.8 Å². The maximum absolute atomic E-state index is 14.8. The first-order valence-electron chi connectivity index (χ1n) is 9.83. The molecule has 1 unspecified atom stereocenters. The van der Waals surface area contributed by atoms with Crippen molar-refractivity contribution in [3.05, 3.63) is 79.3 Å². The zero-order valence-corrected chi connectivity index (χ0v) is 21.2. The van der Waals surface area contributed by atoms with Gasteiger partial charge in [-0.1, -0.05) is 23.9 Å². The molecule has 14 heteroatoms. The largest absolute Gasteiger partial charge is 0.464 e. The van der Waals surface area contributed by atoms with Crippen molar-refractivity contribution in [2.45, 2.75) is 22.3 Å². The quantitative estimate of drug-likeness (QED) is 0.231. The van der Waals surface area contributed by atoms with Gasteiger partial charge in [-0.25, -0.2) is 18.5 Å². The molecular formula is C22H17BrF4N2O6S. The van der Waals surface area contributed by atoms with E-state index in [0.29, 0.717) is 9.46 Å². The van der Waals surface area contributed by atoms with Crippen molar-refractivity contribution >= 4 is 33.7 Å². The lowest BCUT2D eigenvalue weighted by molar-refractivity contribution is -0.170. The Kier molecular flexibility index (Phi) is 8.31. The van der Waals surface area contributed by atoms with Crippen molar-refractivity contribution in [1.29, 1.82) is 0 Å². The first-order chi connectivity index (χ1) is 16.9. The Labute approximate surface area is 213 Å². The summed E-state index contributed by atoms with van der Waals surface area (Å²) in [7, 11) is 3.22. The van der Waals surface area contributed by atoms with E-state index < -0.39 is 46.9 Å². The van der Waals surface area contributed by atoms with Gasteiger partial charge in [0.15, 0.2) is 0 Å². The van der Waals surface area contributed by atoms with Crippen LogP contribution in [0.2, 0.25) is 0 Å². The highest BCUT2D eigenvalue weighted by atomic mass is 79.9. The van der Waals surface area contributed by atoms with Crippen LogP contribution in [0.4, 0.5) is 17.6 Å². The highest BCUT2D eigenvalue weighted by Gasteiger charge is 2.35. The average Bonchev–Trinajstić information content (AvgIpc) is 2.82. The first kappa shape index (κ1) is 27.5. The van der Waals surface area contributed by atoms with Crippen molar-refractivity contribution < 1.29 is 36.6 Å². The summed E-state index contributed by atoms with van der Waals surface area (Å²) >= 11 is 4.21. The van der Waals surface area contributed by atoms with Crippen LogP contribution in [0.3, 0.4) is 0 Å². The van der Waals surface area contributed by atoms with Crippen LogP contribution in [0.25, 0.3) is 5.69 Å². The van der Waals surface area contributed by atoms with E-state index >= 15 is 0 Å². The third-order valence-electron chi connectivity index (χ3n) is 4.76. The van der Waals surface area contributed by atoms with Gasteiger partial charge >= 0.3 is 17.8 Å². The monoisotopic (exact) mass is 592 g/mol. The van der Waals surface area contributed by atoms with E-state index in [1.54, 1.807) is 18.2 Å². The second-order valence-corrected chi connectivity index (χ2v) is 8.97. The average molecular weight is 593 g/mol. The number of carbonyl (C=O) groups is 1. The van der Waals surface area contributed by atoms with Crippen LogP contribution in [0.15, 0.2) is 66.3 Å². The molecule has 0 saturated heterocycles. The predicted octanol–water partition coefficient (Wildman–Crippen LogP) is 4.13. The summed E-state index contributed by atoms with van der Waals surface area (Å²) in [5.74, 6) is -1.62. The van der Waals surface area contributed by atoms with Crippen LogP contribution in [0.5, 0.6) is 5.75 Å². The molecule has 1 aromatic heterocycles. The topological polar surface area (TPSA) is 88.8 Å². The van der Waals surface area contributed by atoms with Crippen LogP contribution < -0.4 is 16.0 Å². The van der Waals surface area contributed by atoms with Gasteiger partial charge in [0.2, 0.25) is 0 Å². The molecule has 0 radical (unpaired) electrons. The summed E-state index contributed by atoms with van der Waals surface area (Å²) in [5.41, 5.74) is -4.75. The number of aromatic nitrogens is 2. The third kappa shape index (κ3) is 5.65. The molecule has 1 atom stereocenters. The van der Waals surface area contributed by atoms with E-state index in [1.807, 2.05) is 0 Å². The Hall–Kier alpha value is -3.10. The van der Waals surface area contributed by atoms with Gasteiger partial charge in [0.05, 0.1) is 17.7 Å². The minimum atomic E-state index is -4.96. The first-order valence-corrected chi connectivity index (χ1v) is 11.4. The summed E-state index contributed by atoms with van der Waals surface area (Å²) in [6.45, 7) is 0. The van der Waals surface area contributed by atoms with Gasteiger partial charge in [0.1, 0.15) is 17.3 Å². The second-order valence-electron chi connectivity index (χ2n) is 7.03. The zero-order valence-electron chi connectivity index (χ0n) is 18.8. The molecule has 2 aromatic carbocycles. The summed E-state index contributed by atoms with van der Waals surface area (Å²) in [4.78, 5) is 37.6. The number of hydrogen-bond donors (Lipinski definition) is 0. The molecule has 36 heavy (non-hydrogen) atoms. The highest BCUT2D eigenvalue weighted by molar-refractivity contribution is 9.10. The Balaban J connectivity index is 2.09. The van der Waals surface area contributed by atoms with Gasteiger partial charge in [-0.15, -0.1) is 0 Å². The third-order valence-corrected chi connectivity index (χ3v) is 6.80. The van der Waals surface area contributed by atoms with E-state index in [0.717, 1.165) is 38.1 Å². The van der Waals surface area contributed by atoms with Gasteiger partial charge in [-0.3, -0.25) is 9.36 Å². The highest BCUT2D eigenvalue weighted by Crippen LogP contribution is 2.40. The zero-order chi connectivity index (χ0) is 26.8. The molecule has 3 aromatic rings. The molecule has 0 N–H and O–H groups in total. The number of benzene rings is 2. The molecule has 0 saturated carbocycles. The molecule has 0 aliphatic rings. The van der Waals surface area contributed by atoms with Crippen LogP contribution in [-0.2, 0) is 27.5 Å². The number of carbonyl (C=O) groups excluding carboxylic acids is 1. The molecule has 0 fully saturated rings. The van der Waals surface area contributed by atoms with Crippen molar-refractivity contribution in [2.24, 2.45) is 7.05 Å². The molecular weight excluding hydrogens is 576 g/mol. The van der Waals surface area contributed by atoms with Gasteiger partial charge in [0.25, 0.3) is 11.8 Å². The van der Waals surface area contributed by atoms with E-state index in [1.165, 1.54) is 13.2 Å². The molecule has 0 bridgehead atoms. The van der Waals surface area contributed by atoms with E-state index in [2.05, 4.69) is 20.7 Å². The fourth-order valence-electron chi connectivity index (χ4n) is 3.04. The minimum absolute atomic E-state index is 0.195. The summed E-state index contributed by atoms with van der Waals surface area (Å²) in [6, 6.07) is 8.75. The number of ether oxygens (including phenoxy) is 3. The van der Waals surface area contributed by atoms with Crippen LogP contribution >= 0.6 is 27.7 Å². The lowest BCUT2D eigenvalue weighted by atomic mass is 10.3. The number of methoxy groups -OCH3 is 2. The van der Waals surface area contributed by atoms with Crippen molar-refractivity contribution in [2.75, 3.05) is 14.2 Å². The summed E-state index contributed by atoms with van der Waals surface area (Å²) < 4.78 is 70.3. The number of nitrogens with zero attached hydrogens (tertiary/aromatic N) is 2. The smallest absolute Gasteiger partial charge is 0.431 e. The molecule has 3 rings (SSSR count). The normalized spacial score (nSPS) is 12.3. The summed E-state index contributed by atoms with van der Waals surface area (Å²) in [5, 5.41) is 0. The molecule has 8 nitrogen and oxygen atoms in total. The van der Waals surface area contributed by atoms with E-state index in [9.17, 15) is 31.9 Å². The van der Waals surface area contributed by atoms with Crippen molar-refractivity contribution in [1.82, 2.24) is 9.13 Å². The van der Waals surface area contributed by atoms with Crippen LogP contribution in [0, 0.1) is 5.82 Å². The maximum Gasteiger partial charge on any atom is 0.431 e. The molecule has 0 aliphatic carbocycles. The SMILES string of the molecule is COC(=O)C(OC)Oc1ccccc1Sc1cc(-n2c(=O)cc(C(F)(F)F)n(C)c2=O)c(F)cc1Br. The van der Waals surface area contributed by atoms with E-state index in [4.69, 9.17) is 9.47 Å². The fourth-order valence-corrected chi connectivity index (χ4v) is 4.53. The molecule has 0 amide bonds. The summed E-state index contributed by atoms with van der Waals surface area (Å²) in [6.07, 6.45) is -6.34. The fraction of sp³-hybridized carbons (Fsp3) is 0.227. The number of halogens is 5. The number of para-hydroxylation sites is 1. The van der Waals surface area contributed by atoms with Crippen LogP contribution in [0.1, 0.15) is 5.69 Å². The standard InChI is InChI=1S/C22H17BrF4N2O6S/c1-28-17(22(25,26)27)10-18(30)29(21(28)32)13-9-16(11(23)8-12(13)24)36-15-7-5-4-6-14(15)35-20(34-3)19(31)33-2/h4-10,20H,1-3H3. The number of rotatable bonds is 7. The predicted molar refractivity (Wildman–Crippen MR) is 124 cm³/mol. The Morgan fingerprint density at radius 1 is 1.08 bits per heavy atom. The van der Waals surface area contributed by atoms with Gasteiger partial charge in [0, 0.05) is 29.6 Å². The molecule has 192 valence electrons. The minimum Gasteiger partial charge on any atom is -0.464 e. The molecule has 1 heterocycles. The Bertz CT molecular complexity index is 1420. The van der Waals surface area contributed by atoms with Gasteiger partial charge < -0.3 is 14.2 Å².